The smallest absolute Gasteiger partial charge is 0.129 e. The molecule has 1 aromatic rings. The highest BCUT2D eigenvalue weighted by atomic mass is 16.5. The molecular weight excluding hydrogens is 178 g/mol. The minimum absolute atomic E-state index is 0.584. The summed E-state index contributed by atoms with van der Waals surface area (Å²) >= 11 is 0. The van der Waals surface area contributed by atoms with Crippen molar-refractivity contribution in [2.45, 2.75) is 26.4 Å². The van der Waals surface area contributed by atoms with E-state index in [1.165, 1.54) is 6.42 Å². The minimum atomic E-state index is 0.584. The summed E-state index contributed by atoms with van der Waals surface area (Å²) in [4.78, 5) is 0. The molecule has 0 spiro atoms. The lowest BCUT2D eigenvalue weighted by molar-refractivity contribution is 0.104. The topological polar surface area (TPSA) is 34.4 Å². The van der Waals surface area contributed by atoms with Gasteiger partial charge in [0.05, 0.1) is 6.26 Å². The van der Waals surface area contributed by atoms with Crippen molar-refractivity contribution in [1.82, 2.24) is 5.32 Å². The molecule has 0 aromatic carbocycles. The van der Waals surface area contributed by atoms with Gasteiger partial charge < -0.3 is 14.5 Å². The molecule has 0 fully saturated rings. The molecule has 0 atom stereocenters. The first-order valence-corrected chi connectivity index (χ1v) is 5.24. The van der Waals surface area contributed by atoms with Gasteiger partial charge in [0.1, 0.15) is 12.4 Å². The first-order chi connectivity index (χ1) is 6.93. The number of rotatable bonds is 8. The van der Waals surface area contributed by atoms with E-state index in [1.54, 1.807) is 6.26 Å². The van der Waals surface area contributed by atoms with Gasteiger partial charge >= 0.3 is 0 Å². The molecule has 1 aromatic heterocycles. The van der Waals surface area contributed by atoms with Crippen LogP contribution in [-0.2, 0) is 11.3 Å². The summed E-state index contributed by atoms with van der Waals surface area (Å²) in [6, 6.07) is 3.80. The zero-order chi connectivity index (χ0) is 10.1. The Hall–Kier alpha value is -0.800. The lowest BCUT2D eigenvalue weighted by Crippen LogP contribution is -2.17. The Morgan fingerprint density at radius 2 is 2.36 bits per heavy atom. The number of hydrogen-bond acceptors (Lipinski definition) is 3. The Kier molecular flexibility index (Phi) is 6.11. The standard InChI is InChI=1S/C11H19NO2/c1-2-6-12-7-4-8-13-10-11-5-3-9-14-11/h3,5,9,12H,2,4,6-8,10H2,1H3. The van der Waals surface area contributed by atoms with Crippen molar-refractivity contribution in [3.63, 3.8) is 0 Å². The molecule has 0 amide bonds. The summed E-state index contributed by atoms with van der Waals surface area (Å²) in [5.74, 6) is 0.895. The van der Waals surface area contributed by atoms with Crippen LogP contribution in [0.15, 0.2) is 22.8 Å². The number of hydrogen-bond donors (Lipinski definition) is 1. The molecule has 0 aliphatic carbocycles. The highest BCUT2D eigenvalue weighted by molar-refractivity contribution is 4.95. The minimum Gasteiger partial charge on any atom is -0.467 e. The maximum absolute atomic E-state index is 5.42. The fraction of sp³-hybridized carbons (Fsp3) is 0.636. The Morgan fingerprint density at radius 3 is 3.07 bits per heavy atom. The Balaban J connectivity index is 1.85. The van der Waals surface area contributed by atoms with E-state index in [2.05, 4.69) is 12.2 Å². The van der Waals surface area contributed by atoms with Gasteiger partial charge in [-0.15, -0.1) is 0 Å². The van der Waals surface area contributed by atoms with E-state index in [0.29, 0.717) is 6.61 Å². The Bertz CT molecular complexity index is 209. The molecule has 1 heterocycles. The zero-order valence-corrected chi connectivity index (χ0v) is 8.79. The molecule has 0 aliphatic heterocycles. The van der Waals surface area contributed by atoms with E-state index >= 15 is 0 Å². The number of furan rings is 1. The third-order valence-electron chi connectivity index (χ3n) is 1.89. The second-order valence-electron chi connectivity index (χ2n) is 3.24. The molecule has 0 unspecified atom stereocenters. The van der Waals surface area contributed by atoms with Gasteiger partial charge in [-0.1, -0.05) is 6.92 Å². The van der Waals surface area contributed by atoms with Gasteiger partial charge in [0.15, 0.2) is 0 Å². The second-order valence-corrected chi connectivity index (χ2v) is 3.24. The molecule has 0 radical (unpaired) electrons. The predicted octanol–water partition coefficient (Wildman–Crippen LogP) is 2.19. The SMILES string of the molecule is CCCNCCCOCc1ccco1. The van der Waals surface area contributed by atoms with Gasteiger partial charge in [0, 0.05) is 6.61 Å². The monoisotopic (exact) mass is 197 g/mol. The lowest BCUT2D eigenvalue weighted by Gasteiger charge is -2.03. The Morgan fingerprint density at radius 1 is 1.43 bits per heavy atom. The van der Waals surface area contributed by atoms with Crippen LogP contribution in [0.1, 0.15) is 25.5 Å². The van der Waals surface area contributed by atoms with Crippen molar-refractivity contribution in [3.05, 3.63) is 24.2 Å². The molecule has 3 heteroatoms. The van der Waals surface area contributed by atoms with Crippen LogP contribution in [0.3, 0.4) is 0 Å². The fourth-order valence-electron chi connectivity index (χ4n) is 1.17. The van der Waals surface area contributed by atoms with Crippen molar-refractivity contribution < 1.29 is 9.15 Å². The van der Waals surface area contributed by atoms with Crippen LogP contribution in [0.5, 0.6) is 0 Å². The van der Waals surface area contributed by atoms with E-state index in [-0.39, 0.29) is 0 Å². The summed E-state index contributed by atoms with van der Waals surface area (Å²) < 4.78 is 10.6. The molecule has 0 saturated carbocycles. The van der Waals surface area contributed by atoms with E-state index < -0.39 is 0 Å². The van der Waals surface area contributed by atoms with Gasteiger partial charge in [-0.25, -0.2) is 0 Å². The molecule has 0 saturated heterocycles. The summed E-state index contributed by atoms with van der Waals surface area (Å²) in [5.41, 5.74) is 0. The van der Waals surface area contributed by atoms with Crippen LogP contribution in [0.4, 0.5) is 0 Å². The van der Waals surface area contributed by atoms with Crippen LogP contribution in [0.25, 0.3) is 0 Å². The number of nitrogens with one attached hydrogen (secondary N) is 1. The Labute approximate surface area is 85.4 Å². The van der Waals surface area contributed by atoms with Crippen LogP contribution >= 0.6 is 0 Å². The van der Waals surface area contributed by atoms with Gasteiger partial charge in [-0.2, -0.15) is 0 Å². The van der Waals surface area contributed by atoms with Gasteiger partial charge in [0.2, 0.25) is 0 Å². The average Bonchev–Trinajstić information content (AvgIpc) is 2.69. The zero-order valence-electron chi connectivity index (χ0n) is 8.79. The molecule has 14 heavy (non-hydrogen) atoms. The van der Waals surface area contributed by atoms with E-state index in [0.717, 1.165) is 31.9 Å². The highest BCUT2D eigenvalue weighted by Crippen LogP contribution is 2.01. The summed E-state index contributed by atoms with van der Waals surface area (Å²) in [5, 5.41) is 3.33. The van der Waals surface area contributed by atoms with Crippen molar-refractivity contribution >= 4 is 0 Å². The van der Waals surface area contributed by atoms with Gasteiger partial charge in [0.25, 0.3) is 0 Å². The largest absolute Gasteiger partial charge is 0.467 e. The third-order valence-corrected chi connectivity index (χ3v) is 1.89. The van der Waals surface area contributed by atoms with E-state index in [1.807, 2.05) is 12.1 Å². The van der Waals surface area contributed by atoms with Gasteiger partial charge in [-0.05, 0) is 38.1 Å². The first kappa shape index (κ1) is 11.3. The summed E-state index contributed by atoms with van der Waals surface area (Å²) in [7, 11) is 0. The lowest BCUT2D eigenvalue weighted by atomic mass is 10.4. The van der Waals surface area contributed by atoms with Gasteiger partial charge in [-0.3, -0.25) is 0 Å². The number of ether oxygens (including phenoxy) is 1. The van der Waals surface area contributed by atoms with Crippen LogP contribution in [-0.4, -0.2) is 19.7 Å². The third kappa shape index (κ3) is 5.04. The van der Waals surface area contributed by atoms with Crippen molar-refractivity contribution in [1.29, 1.82) is 0 Å². The molecule has 1 rings (SSSR count). The molecule has 3 nitrogen and oxygen atoms in total. The van der Waals surface area contributed by atoms with Crippen LogP contribution in [0, 0.1) is 0 Å². The quantitative estimate of drug-likeness (QED) is 0.649. The highest BCUT2D eigenvalue weighted by Gasteiger charge is 1.94. The van der Waals surface area contributed by atoms with Crippen molar-refractivity contribution in [2.75, 3.05) is 19.7 Å². The predicted molar refractivity (Wildman–Crippen MR) is 56.1 cm³/mol. The molecule has 80 valence electrons. The molecule has 0 bridgehead atoms. The van der Waals surface area contributed by atoms with E-state index in [9.17, 15) is 0 Å². The average molecular weight is 197 g/mol. The normalized spacial score (nSPS) is 10.6. The molecule has 1 N–H and O–H groups in total. The maximum atomic E-state index is 5.42. The summed E-state index contributed by atoms with van der Waals surface area (Å²) in [6.07, 6.45) is 3.91. The van der Waals surface area contributed by atoms with Crippen LogP contribution < -0.4 is 5.32 Å². The van der Waals surface area contributed by atoms with E-state index in [4.69, 9.17) is 9.15 Å². The fourth-order valence-corrected chi connectivity index (χ4v) is 1.17. The maximum Gasteiger partial charge on any atom is 0.129 e. The first-order valence-electron chi connectivity index (χ1n) is 5.24. The summed E-state index contributed by atoms with van der Waals surface area (Å²) in [6.45, 7) is 5.67. The van der Waals surface area contributed by atoms with Crippen LogP contribution in [0.2, 0.25) is 0 Å². The second kappa shape index (κ2) is 7.59. The molecule has 0 aliphatic rings. The van der Waals surface area contributed by atoms with Crippen molar-refractivity contribution in [2.24, 2.45) is 0 Å². The van der Waals surface area contributed by atoms with Crippen molar-refractivity contribution in [3.8, 4) is 0 Å². The molecular formula is C11H19NO2.